The largest absolute Gasteiger partial charge is 0.383 e. The van der Waals surface area contributed by atoms with Gasteiger partial charge in [-0.3, -0.25) is 14.8 Å². The molecule has 2 atom stereocenters. The van der Waals surface area contributed by atoms with E-state index < -0.39 is 0 Å². The molecule has 4 heterocycles. The van der Waals surface area contributed by atoms with Crippen LogP contribution in [0.15, 0.2) is 60.9 Å². The number of aromatic amines is 1. The van der Waals surface area contributed by atoms with E-state index in [0.717, 1.165) is 40.3 Å². The number of hydrogen-bond donors (Lipinski definition) is 1. The Morgan fingerprint density at radius 1 is 1.18 bits per heavy atom. The van der Waals surface area contributed by atoms with Crippen molar-refractivity contribution in [2.45, 2.75) is 25.2 Å². The molecule has 34 heavy (non-hydrogen) atoms. The summed E-state index contributed by atoms with van der Waals surface area (Å²) < 4.78 is 6.35. The van der Waals surface area contributed by atoms with Crippen molar-refractivity contribution >= 4 is 40.1 Å². The van der Waals surface area contributed by atoms with Gasteiger partial charge in [0.15, 0.2) is 0 Å². The number of fused-ring (bicyclic) bond motifs is 1. The number of carbonyl (C=O) groups is 1. The summed E-state index contributed by atoms with van der Waals surface area (Å²) in [6, 6.07) is 16.6. The number of aldehydes is 1. The monoisotopic (exact) mass is 494 g/mol. The van der Waals surface area contributed by atoms with Crippen molar-refractivity contribution in [2.24, 2.45) is 0 Å². The lowest BCUT2D eigenvalue weighted by Crippen LogP contribution is -2.59. The first-order valence-electron chi connectivity index (χ1n) is 11.3. The van der Waals surface area contributed by atoms with Crippen LogP contribution in [0.3, 0.4) is 0 Å². The zero-order valence-corrected chi connectivity index (χ0v) is 20.6. The Morgan fingerprint density at radius 3 is 2.74 bits per heavy atom. The molecule has 0 saturated carbocycles. The van der Waals surface area contributed by atoms with Gasteiger partial charge < -0.3 is 14.5 Å². The Hall–Kier alpha value is -2.55. The number of thiophene rings is 1. The maximum atomic E-state index is 12.1. The highest BCUT2D eigenvalue weighted by molar-refractivity contribution is 7.19. The maximum Gasteiger partial charge on any atom is 0.138 e. The summed E-state index contributed by atoms with van der Waals surface area (Å²) >= 11 is 7.67. The van der Waals surface area contributed by atoms with Gasteiger partial charge in [-0.1, -0.05) is 35.9 Å². The van der Waals surface area contributed by atoms with Gasteiger partial charge in [-0.2, -0.15) is 0 Å². The normalized spacial score (nSPS) is 19.6. The third-order valence-corrected chi connectivity index (χ3v) is 7.65. The summed E-state index contributed by atoms with van der Waals surface area (Å²) in [5, 5.41) is 1.08. The Labute approximate surface area is 208 Å². The Kier molecular flexibility index (Phi) is 7.08. The molecule has 2 unspecified atom stereocenters. The summed E-state index contributed by atoms with van der Waals surface area (Å²) in [6.07, 6.45) is 4.71. The molecule has 0 amide bonds. The summed E-state index contributed by atoms with van der Waals surface area (Å²) in [4.78, 5) is 25.6. The number of methoxy groups -OCH3 is 1. The molecule has 1 aliphatic heterocycles. The van der Waals surface area contributed by atoms with Crippen LogP contribution < -0.4 is 0 Å². The number of rotatable bonds is 8. The number of ether oxygens (including phenoxy) is 1. The molecular weight excluding hydrogens is 468 g/mol. The van der Waals surface area contributed by atoms with Crippen molar-refractivity contribution in [2.75, 3.05) is 26.8 Å². The minimum atomic E-state index is -0.203. The van der Waals surface area contributed by atoms with E-state index in [4.69, 9.17) is 16.3 Å². The lowest BCUT2D eigenvalue weighted by atomic mass is 10.0. The number of halogens is 1. The van der Waals surface area contributed by atoms with Gasteiger partial charge in [0.25, 0.3) is 0 Å². The molecule has 0 radical (unpaired) electrons. The second kappa shape index (κ2) is 10.4. The van der Waals surface area contributed by atoms with Crippen LogP contribution in [0.1, 0.15) is 11.3 Å². The Bertz CT molecular complexity index is 1220. The van der Waals surface area contributed by atoms with Gasteiger partial charge in [-0.25, -0.2) is 0 Å². The topological polar surface area (TPSA) is 61.5 Å². The number of nitrogens with one attached hydrogen (secondary N) is 1. The highest BCUT2D eigenvalue weighted by Crippen LogP contribution is 2.31. The molecule has 1 saturated heterocycles. The number of carbonyl (C=O) groups excluding carboxylic acids is 1. The molecule has 6 nitrogen and oxygen atoms in total. The molecule has 0 bridgehead atoms. The van der Waals surface area contributed by atoms with Crippen molar-refractivity contribution in [1.29, 1.82) is 0 Å². The molecule has 0 aliphatic carbocycles. The fraction of sp³-hybridized carbons (Fsp3) is 0.308. The molecule has 8 heteroatoms. The maximum absolute atomic E-state index is 12.1. The zero-order valence-electron chi connectivity index (χ0n) is 19.0. The number of hydrogen-bond acceptors (Lipinski definition) is 6. The average Bonchev–Trinajstić information content (AvgIpc) is 3.46. The Balaban J connectivity index is 1.29. The molecule has 1 aliphatic rings. The van der Waals surface area contributed by atoms with Crippen LogP contribution in [0, 0.1) is 0 Å². The lowest BCUT2D eigenvalue weighted by molar-refractivity contribution is -0.118. The van der Waals surface area contributed by atoms with Gasteiger partial charge in [0.05, 0.1) is 17.0 Å². The van der Waals surface area contributed by atoms with Crippen LogP contribution in [-0.2, 0) is 22.6 Å². The molecule has 176 valence electrons. The Morgan fingerprint density at radius 2 is 2.03 bits per heavy atom. The van der Waals surface area contributed by atoms with Crippen LogP contribution in [0.25, 0.3) is 21.3 Å². The summed E-state index contributed by atoms with van der Waals surface area (Å²) in [7, 11) is 1.72. The molecule has 4 aromatic rings. The number of benzene rings is 1. The first kappa shape index (κ1) is 23.2. The van der Waals surface area contributed by atoms with Crippen molar-refractivity contribution in [3.63, 3.8) is 0 Å². The molecule has 1 N–H and O–H groups in total. The third-order valence-electron chi connectivity index (χ3n) is 6.37. The van der Waals surface area contributed by atoms with E-state index >= 15 is 0 Å². The van der Waals surface area contributed by atoms with Crippen molar-refractivity contribution < 1.29 is 9.53 Å². The van der Waals surface area contributed by atoms with E-state index in [9.17, 15) is 4.79 Å². The first-order chi connectivity index (χ1) is 16.6. The third kappa shape index (κ3) is 5.09. The number of aromatic nitrogens is 2. The SMILES string of the molecule is COCC1CN(Cc2ccc(-c3ccc(Cl)s3)cc2)CC(C=O)N1Cc1cc2cnccc2[nH]1. The van der Waals surface area contributed by atoms with Crippen molar-refractivity contribution in [3.05, 3.63) is 76.5 Å². The molecule has 5 rings (SSSR count). The summed E-state index contributed by atoms with van der Waals surface area (Å²) in [6.45, 7) is 3.55. The van der Waals surface area contributed by atoms with E-state index in [1.165, 1.54) is 16.0 Å². The van der Waals surface area contributed by atoms with Crippen LogP contribution in [0.2, 0.25) is 4.34 Å². The standard InChI is InChI=1S/C26H27ClN4O2S/c1-33-17-23-15-30(12-18-2-4-19(5-3-18)25-6-7-26(27)34-25)14-22(16-32)31(23)13-21-10-20-11-28-9-8-24(20)29-21/h2-11,16,22-23,29H,12-15,17H2,1H3. The fourth-order valence-corrected chi connectivity index (χ4v) is 5.82. The predicted octanol–water partition coefficient (Wildman–Crippen LogP) is 4.85. The molecule has 1 aromatic carbocycles. The number of nitrogens with zero attached hydrogens (tertiary/aromatic N) is 3. The highest BCUT2D eigenvalue weighted by atomic mass is 35.5. The fourth-order valence-electron chi connectivity index (χ4n) is 4.77. The van der Waals surface area contributed by atoms with Gasteiger partial charge in [0.2, 0.25) is 0 Å². The summed E-state index contributed by atoms with van der Waals surface area (Å²) in [5.41, 5.74) is 4.53. The lowest BCUT2D eigenvalue weighted by Gasteiger charge is -2.44. The quantitative estimate of drug-likeness (QED) is 0.355. The van der Waals surface area contributed by atoms with Crippen LogP contribution >= 0.6 is 22.9 Å². The zero-order chi connectivity index (χ0) is 23.5. The predicted molar refractivity (Wildman–Crippen MR) is 137 cm³/mol. The van der Waals surface area contributed by atoms with Crippen molar-refractivity contribution in [1.82, 2.24) is 19.8 Å². The van der Waals surface area contributed by atoms with E-state index in [1.54, 1.807) is 24.6 Å². The minimum absolute atomic E-state index is 0.117. The highest BCUT2D eigenvalue weighted by Gasteiger charge is 2.34. The van der Waals surface area contributed by atoms with Gasteiger partial charge in [-0.15, -0.1) is 11.3 Å². The van der Waals surface area contributed by atoms with Crippen LogP contribution in [0.5, 0.6) is 0 Å². The molecular formula is C26H27ClN4O2S. The van der Waals surface area contributed by atoms with Gasteiger partial charge in [0, 0.05) is 73.2 Å². The van der Waals surface area contributed by atoms with Crippen LogP contribution in [0.4, 0.5) is 0 Å². The van der Waals surface area contributed by atoms with E-state index in [1.807, 2.05) is 18.3 Å². The molecule has 3 aromatic heterocycles. The van der Waals surface area contributed by atoms with E-state index in [-0.39, 0.29) is 12.1 Å². The van der Waals surface area contributed by atoms with Crippen molar-refractivity contribution in [3.8, 4) is 10.4 Å². The summed E-state index contributed by atoms with van der Waals surface area (Å²) in [5.74, 6) is 0. The van der Waals surface area contributed by atoms with Gasteiger partial charge in [-0.05, 0) is 35.4 Å². The molecule has 1 fully saturated rings. The van der Waals surface area contributed by atoms with E-state index in [0.29, 0.717) is 19.7 Å². The second-order valence-electron chi connectivity index (χ2n) is 8.74. The number of H-pyrrole nitrogens is 1. The second-order valence-corrected chi connectivity index (χ2v) is 10.5. The van der Waals surface area contributed by atoms with Gasteiger partial charge >= 0.3 is 0 Å². The van der Waals surface area contributed by atoms with Crippen LogP contribution in [-0.4, -0.2) is 64.9 Å². The number of pyridine rings is 1. The number of piperazine rings is 1. The smallest absolute Gasteiger partial charge is 0.138 e. The first-order valence-corrected chi connectivity index (χ1v) is 12.5. The molecule has 0 spiro atoms. The minimum Gasteiger partial charge on any atom is -0.383 e. The van der Waals surface area contributed by atoms with Gasteiger partial charge in [0.1, 0.15) is 6.29 Å². The van der Waals surface area contributed by atoms with E-state index in [2.05, 4.69) is 56.2 Å². The average molecular weight is 495 g/mol.